The molecule has 184 valence electrons. The first-order valence-corrected chi connectivity index (χ1v) is 12.6. The molecule has 0 bridgehead atoms. The number of fused-ring (bicyclic) bond motifs is 2. The number of alkyl halides is 2. The summed E-state index contributed by atoms with van der Waals surface area (Å²) in [7, 11) is 0. The molecule has 4 heterocycles. The number of carbonyl (C=O) groups excluding carboxylic acids is 1. The van der Waals surface area contributed by atoms with Gasteiger partial charge in [0, 0.05) is 80.2 Å². The van der Waals surface area contributed by atoms with Crippen molar-refractivity contribution in [2.24, 2.45) is 0 Å². The summed E-state index contributed by atoms with van der Waals surface area (Å²) in [6.45, 7) is 5.01. The molecule has 3 aliphatic rings. The third kappa shape index (κ3) is 4.01. The Morgan fingerprint density at radius 3 is 2.71 bits per heavy atom. The molecule has 0 spiro atoms. The van der Waals surface area contributed by atoms with Crippen molar-refractivity contribution in [1.82, 2.24) is 19.4 Å². The summed E-state index contributed by atoms with van der Waals surface area (Å²) < 4.78 is 35.1. The van der Waals surface area contributed by atoms with Gasteiger partial charge in [-0.15, -0.1) is 0 Å². The van der Waals surface area contributed by atoms with Crippen molar-refractivity contribution in [2.45, 2.75) is 69.9 Å². The highest BCUT2D eigenvalue weighted by Crippen LogP contribution is 2.49. The molecule has 2 fully saturated rings. The summed E-state index contributed by atoms with van der Waals surface area (Å²) in [5.41, 5.74) is 3.75. The van der Waals surface area contributed by atoms with Crippen LogP contribution in [0.1, 0.15) is 68.1 Å². The van der Waals surface area contributed by atoms with Crippen LogP contribution in [-0.4, -0.2) is 51.0 Å². The van der Waals surface area contributed by atoms with Crippen molar-refractivity contribution in [3.63, 3.8) is 0 Å². The number of carbonyl (C=O) groups is 1. The van der Waals surface area contributed by atoms with Gasteiger partial charge in [-0.25, -0.2) is 13.8 Å². The van der Waals surface area contributed by atoms with E-state index in [0.29, 0.717) is 32.0 Å². The fourth-order valence-corrected chi connectivity index (χ4v) is 5.82. The zero-order valence-corrected chi connectivity index (χ0v) is 20.0. The minimum atomic E-state index is -2.61. The molecule has 1 saturated heterocycles. The van der Waals surface area contributed by atoms with E-state index in [1.165, 1.54) is 0 Å². The Morgan fingerprint density at radius 1 is 1.17 bits per heavy atom. The second-order valence-corrected chi connectivity index (χ2v) is 10.1. The molecule has 1 aromatic carbocycles. The van der Waals surface area contributed by atoms with Crippen molar-refractivity contribution < 1.29 is 18.3 Å². The number of amides is 1. The molecular weight excluding hydrogens is 450 g/mol. The molecule has 8 heteroatoms. The Hall–Kier alpha value is -2.87. The molecule has 1 amide bonds. The number of hydrogen-bond acceptors (Lipinski definition) is 4. The topological polar surface area (TPSA) is 60.2 Å². The molecule has 2 aromatic heterocycles. The van der Waals surface area contributed by atoms with Gasteiger partial charge in [-0.2, -0.15) is 0 Å². The number of benzene rings is 1. The van der Waals surface area contributed by atoms with Crippen molar-refractivity contribution >= 4 is 16.7 Å². The van der Waals surface area contributed by atoms with E-state index in [-0.39, 0.29) is 24.7 Å². The molecule has 3 aromatic rings. The van der Waals surface area contributed by atoms with E-state index in [1.807, 2.05) is 30.2 Å². The number of halogens is 2. The normalized spacial score (nSPS) is 20.6. The van der Waals surface area contributed by atoms with E-state index in [2.05, 4.69) is 16.7 Å². The van der Waals surface area contributed by atoms with Gasteiger partial charge in [0.2, 0.25) is 11.8 Å². The zero-order chi connectivity index (χ0) is 24.2. The first-order valence-electron chi connectivity index (χ1n) is 12.6. The highest BCUT2D eigenvalue weighted by molar-refractivity contribution is 5.96. The van der Waals surface area contributed by atoms with Gasteiger partial charge in [-0.3, -0.25) is 9.78 Å². The van der Waals surface area contributed by atoms with Gasteiger partial charge < -0.3 is 14.2 Å². The molecule has 0 atom stereocenters. The predicted molar refractivity (Wildman–Crippen MR) is 128 cm³/mol. The van der Waals surface area contributed by atoms with Crippen LogP contribution >= 0.6 is 0 Å². The van der Waals surface area contributed by atoms with Gasteiger partial charge in [-0.05, 0) is 24.3 Å². The maximum absolute atomic E-state index is 13.7. The summed E-state index contributed by atoms with van der Waals surface area (Å²) in [5.74, 6) is -1.63. The number of imidazole rings is 1. The van der Waals surface area contributed by atoms with Gasteiger partial charge in [-0.1, -0.05) is 25.1 Å². The Morgan fingerprint density at radius 2 is 1.97 bits per heavy atom. The summed E-state index contributed by atoms with van der Waals surface area (Å²) >= 11 is 0. The molecule has 2 aliphatic heterocycles. The number of nitrogens with zero attached hydrogens (tertiary/aromatic N) is 4. The summed E-state index contributed by atoms with van der Waals surface area (Å²) in [6, 6.07) is 8.30. The number of aromatic nitrogens is 3. The van der Waals surface area contributed by atoms with Gasteiger partial charge in [0.05, 0.1) is 17.9 Å². The van der Waals surface area contributed by atoms with Gasteiger partial charge in [0.25, 0.3) is 0 Å². The van der Waals surface area contributed by atoms with Crippen LogP contribution in [0.4, 0.5) is 8.78 Å². The van der Waals surface area contributed by atoms with Crippen molar-refractivity contribution in [1.29, 1.82) is 0 Å². The molecule has 6 nitrogen and oxygen atoms in total. The third-order valence-electron chi connectivity index (χ3n) is 7.83. The minimum Gasteiger partial charge on any atom is -0.381 e. The van der Waals surface area contributed by atoms with Gasteiger partial charge >= 0.3 is 0 Å². The molecule has 6 rings (SSSR count). The molecule has 0 unspecified atom stereocenters. The molecule has 1 aliphatic carbocycles. The lowest BCUT2D eigenvalue weighted by atomic mass is 9.80. The van der Waals surface area contributed by atoms with Crippen molar-refractivity contribution in [3.05, 3.63) is 47.7 Å². The number of pyridine rings is 1. The number of ether oxygens (including phenoxy) is 1. The highest BCUT2D eigenvalue weighted by Gasteiger charge is 2.48. The Kier molecular flexibility index (Phi) is 5.59. The van der Waals surface area contributed by atoms with Crippen molar-refractivity contribution in [2.75, 3.05) is 19.8 Å². The number of hydrogen-bond donors (Lipinski definition) is 0. The van der Waals surface area contributed by atoms with Crippen LogP contribution in [0.3, 0.4) is 0 Å². The first-order chi connectivity index (χ1) is 16.9. The Balaban J connectivity index is 1.43. The van der Waals surface area contributed by atoms with Crippen LogP contribution < -0.4 is 0 Å². The summed E-state index contributed by atoms with van der Waals surface area (Å²) in [5, 5.41) is 2.09. The summed E-state index contributed by atoms with van der Waals surface area (Å²) in [6.07, 6.45) is 4.00. The van der Waals surface area contributed by atoms with Crippen molar-refractivity contribution in [3.8, 4) is 11.3 Å². The fraction of sp³-hybridized carbons (Fsp3) is 0.519. The summed E-state index contributed by atoms with van der Waals surface area (Å²) in [4.78, 5) is 24.1. The Labute approximate surface area is 203 Å². The van der Waals surface area contributed by atoms with E-state index in [9.17, 15) is 13.6 Å². The van der Waals surface area contributed by atoms with E-state index < -0.39 is 5.92 Å². The second kappa shape index (κ2) is 8.66. The van der Waals surface area contributed by atoms with Gasteiger partial charge in [0.15, 0.2) is 0 Å². The van der Waals surface area contributed by atoms with E-state index in [1.54, 1.807) is 0 Å². The maximum Gasteiger partial charge on any atom is 0.249 e. The maximum atomic E-state index is 13.7. The smallest absolute Gasteiger partial charge is 0.249 e. The second-order valence-electron chi connectivity index (χ2n) is 10.1. The van der Waals surface area contributed by atoms with Gasteiger partial charge in [0.1, 0.15) is 5.82 Å². The lowest BCUT2D eigenvalue weighted by molar-refractivity contribution is -0.132. The van der Waals surface area contributed by atoms with E-state index in [4.69, 9.17) is 14.7 Å². The average molecular weight is 481 g/mol. The quantitative estimate of drug-likeness (QED) is 0.511. The van der Waals surface area contributed by atoms with Crippen LogP contribution in [0, 0.1) is 0 Å². The van der Waals surface area contributed by atoms with E-state index in [0.717, 1.165) is 65.3 Å². The first kappa shape index (κ1) is 22.6. The largest absolute Gasteiger partial charge is 0.381 e. The third-order valence-corrected chi connectivity index (χ3v) is 7.83. The lowest BCUT2D eigenvalue weighted by Crippen LogP contribution is -2.40. The van der Waals surface area contributed by atoms with Crippen LogP contribution in [-0.2, 0) is 22.6 Å². The minimum absolute atomic E-state index is 0.0980. The van der Waals surface area contributed by atoms with Crippen LogP contribution in [0.25, 0.3) is 22.0 Å². The van der Waals surface area contributed by atoms with Crippen LogP contribution in [0.15, 0.2) is 30.5 Å². The molecular formula is C27H30F2N4O2. The van der Waals surface area contributed by atoms with E-state index >= 15 is 0 Å². The molecule has 1 saturated carbocycles. The average Bonchev–Trinajstić information content (AvgIpc) is 3.25. The van der Waals surface area contributed by atoms with Crippen LogP contribution in [0.5, 0.6) is 0 Å². The standard InChI is InChI=1S/C27H30F2N4O2/c1-2-24(34)32-8-9-33-23(16-32)25(31-26(33)19-13-27(28,29)14-19)20-5-3-4-18-12-22(30-15-21(18)20)17-6-10-35-11-7-17/h3-5,12,15,17,19H,2,6-11,13-14,16H2,1H3. The SMILES string of the molecule is CCC(=O)N1CCn2c(C3CC(F)(F)C3)nc(-c3cccc4cc(C5CCOCC5)ncc34)c2C1. The highest BCUT2D eigenvalue weighted by atomic mass is 19.3. The number of rotatable bonds is 4. The Bertz CT molecular complexity index is 1270. The van der Waals surface area contributed by atoms with Crippen LogP contribution in [0.2, 0.25) is 0 Å². The predicted octanol–water partition coefficient (Wildman–Crippen LogP) is 5.26. The fourth-order valence-electron chi connectivity index (χ4n) is 5.82. The molecule has 0 radical (unpaired) electrons. The monoisotopic (exact) mass is 480 g/mol. The zero-order valence-electron chi connectivity index (χ0n) is 20.0. The molecule has 0 N–H and O–H groups in total. The molecule has 35 heavy (non-hydrogen) atoms. The lowest BCUT2D eigenvalue weighted by Gasteiger charge is -2.36.